The van der Waals surface area contributed by atoms with Gasteiger partial charge in [0.2, 0.25) is 5.91 Å². The number of ether oxygens (including phenoxy) is 1. The van der Waals surface area contributed by atoms with Crippen LogP contribution >= 0.6 is 11.3 Å². The third kappa shape index (κ3) is 5.42. The van der Waals surface area contributed by atoms with Gasteiger partial charge in [0.1, 0.15) is 5.75 Å². The smallest absolute Gasteiger partial charge is 0.239 e. The zero-order valence-corrected chi connectivity index (χ0v) is 22.4. The standard InChI is InChI=1S/C30H33N3O3S/c1-30(2)17-24-28(26(34)18-30)29(20-10-12-21(36-3)13-11-20)33(25-9-5-4-8-23(25)32-24)19-27(35)31-15-14-22-7-6-16-37-22/h4-13,16,29,32H,14-15,17-19H2,1-3H3,(H,31,35). The van der Waals surface area contributed by atoms with Crippen LogP contribution in [0, 0.1) is 5.41 Å². The third-order valence-corrected chi connectivity index (χ3v) is 7.96. The monoisotopic (exact) mass is 515 g/mol. The van der Waals surface area contributed by atoms with Crippen molar-refractivity contribution in [1.29, 1.82) is 0 Å². The molecular formula is C30H33N3O3S. The molecule has 37 heavy (non-hydrogen) atoms. The number of benzene rings is 2. The Morgan fingerprint density at radius 3 is 2.62 bits per heavy atom. The first-order valence-electron chi connectivity index (χ1n) is 12.7. The minimum atomic E-state index is -0.399. The summed E-state index contributed by atoms with van der Waals surface area (Å²) in [6.45, 7) is 4.97. The van der Waals surface area contributed by atoms with Gasteiger partial charge in [0.25, 0.3) is 0 Å². The molecule has 2 N–H and O–H groups in total. The van der Waals surface area contributed by atoms with E-state index in [0.29, 0.717) is 13.0 Å². The van der Waals surface area contributed by atoms with Gasteiger partial charge in [-0.15, -0.1) is 11.3 Å². The number of hydrogen-bond acceptors (Lipinski definition) is 6. The van der Waals surface area contributed by atoms with Crippen LogP contribution in [0.25, 0.3) is 0 Å². The average Bonchev–Trinajstić information content (AvgIpc) is 3.34. The molecule has 192 valence electrons. The van der Waals surface area contributed by atoms with E-state index >= 15 is 0 Å². The number of hydrogen-bond donors (Lipinski definition) is 2. The molecule has 1 amide bonds. The van der Waals surface area contributed by atoms with Crippen LogP contribution in [-0.2, 0) is 16.0 Å². The first-order chi connectivity index (χ1) is 17.8. The fraction of sp³-hybridized carbons (Fsp3) is 0.333. The van der Waals surface area contributed by atoms with Crippen LogP contribution in [0.1, 0.15) is 43.2 Å². The first kappa shape index (κ1) is 25.1. The summed E-state index contributed by atoms with van der Waals surface area (Å²) in [5.74, 6) is 0.798. The van der Waals surface area contributed by atoms with E-state index in [0.717, 1.165) is 46.8 Å². The SMILES string of the molecule is COc1ccc(C2C3=C(CC(C)(C)CC3=O)Nc3ccccc3N2CC(=O)NCCc2cccs2)cc1. The van der Waals surface area contributed by atoms with E-state index < -0.39 is 6.04 Å². The largest absolute Gasteiger partial charge is 0.497 e. The van der Waals surface area contributed by atoms with Gasteiger partial charge in [0.15, 0.2) is 5.78 Å². The van der Waals surface area contributed by atoms with Crippen molar-refractivity contribution in [1.82, 2.24) is 5.32 Å². The Hall–Kier alpha value is -3.58. The van der Waals surface area contributed by atoms with Crippen LogP contribution in [-0.4, -0.2) is 31.9 Å². The summed E-state index contributed by atoms with van der Waals surface area (Å²) < 4.78 is 5.39. The van der Waals surface area contributed by atoms with Gasteiger partial charge in [-0.25, -0.2) is 0 Å². The van der Waals surface area contributed by atoms with E-state index in [1.165, 1.54) is 4.88 Å². The van der Waals surface area contributed by atoms with Gasteiger partial charge in [-0.3, -0.25) is 9.59 Å². The van der Waals surface area contributed by atoms with Gasteiger partial charge in [0, 0.05) is 29.1 Å². The summed E-state index contributed by atoms with van der Waals surface area (Å²) in [4.78, 5) is 30.3. The van der Waals surface area contributed by atoms with Crippen LogP contribution in [0.3, 0.4) is 0 Å². The number of thiophene rings is 1. The van der Waals surface area contributed by atoms with E-state index in [1.807, 2.05) is 60.0 Å². The molecule has 2 aliphatic rings. The lowest BCUT2D eigenvalue weighted by Gasteiger charge is -2.38. The predicted octanol–water partition coefficient (Wildman–Crippen LogP) is 5.73. The molecule has 1 unspecified atom stereocenters. The molecule has 0 spiro atoms. The zero-order valence-electron chi connectivity index (χ0n) is 21.5. The van der Waals surface area contributed by atoms with Crippen LogP contribution in [0.15, 0.2) is 77.3 Å². The zero-order chi connectivity index (χ0) is 26.0. The molecule has 1 aliphatic carbocycles. The van der Waals surface area contributed by atoms with Gasteiger partial charge < -0.3 is 20.3 Å². The number of allylic oxidation sites excluding steroid dienone is 1. The predicted molar refractivity (Wildman–Crippen MR) is 149 cm³/mol. The Balaban J connectivity index is 1.54. The molecule has 2 aromatic carbocycles. The third-order valence-electron chi connectivity index (χ3n) is 7.02. The number of fused-ring (bicyclic) bond motifs is 1. The molecule has 0 saturated carbocycles. The van der Waals surface area contributed by atoms with E-state index in [9.17, 15) is 9.59 Å². The fourth-order valence-electron chi connectivity index (χ4n) is 5.35. The van der Waals surface area contributed by atoms with Gasteiger partial charge in [-0.2, -0.15) is 0 Å². The second-order valence-corrected chi connectivity index (χ2v) is 11.5. The van der Waals surface area contributed by atoms with E-state index in [-0.39, 0.29) is 23.7 Å². The van der Waals surface area contributed by atoms with E-state index in [4.69, 9.17) is 4.74 Å². The number of methoxy groups -OCH3 is 1. The van der Waals surface area contributed by atoms with Crippen LogP contribution < -0.4 is 20.3 Å². The highest BCUT2D eigenvalue weighted by molar-refractivity contribution is 7.09. The second-order valence-electron chi connectivity index (χ2n) is 10.5. The number of para-hydroxylation sites is 2. The lowest BCUT2D eigenvalue weighted by molar-refractivity contribution is -0.120. The number of ketones is 1. The summed E-state index contributed by atoms with van der Waals surface area (Å²) >= 11 is 1.69. The molecule has 1 aliphatic heterocycles. The molecule has 0 bridgehead atoms. The number of nitrogens with zero attached hydrogens (tertiary/aromatic N) is 1. The van der Waals surface area contributed by atoms with Crippen molar-refractivity contribution in [2.45, 2.75) is 39.2 Å². The molecular weight excluding hydrogens is 482 g/mol. The highest BCUT2D eigenvalue weighted by Crippen LogP contribution is 2.48. The fourth-order valence-corrected chi connectivity index (χ4v) is 6.06. The Morgan fingerprint density at radius 1 is 1.11 bits per heavy atom. The number of carbonyl (C=O) groups excluding carboxylic acids is 2. The molecule has 1 aromatic heterocycles. The summed E-state index contributed by atoms with van der Waals surface area (Å²) in [6, 6.07) is 19.5. The maximum Gasteiger partial charge on any atom is 0.239 e. The number of anilines is 2. The summed E-state index contributed by atoms with van der Waals surface area (Å²) in [7, 11) is 1.64. The summed E-state index contributed by atoms with van der Waals surface area (Å²) in [5, 5.41) is 8.73. The number of nitrogens with one attached hydrogen (secondary N) is 2. The topological polar surface area (TPSA) is 70.7 Å². The number of amides is 1. The Morgan fingerprint density at radius 2 is 1.89 bits per heavy atom. The van der Waals surface area contributed by atoms with E-state index in [1.54, 1.807) is 18.4 Å². The second kappa shape index (κ2) is 10.4. The lowest BCUT2D eigenvalue weighted by atomic mass is 9.73. The molecule has 2 heterocycles. The van der Waals surface area contributed by atoms with Gasteiger partial charge in [0.05, 0.1) is 31.1 Å². The van der Waals surface area contributed by atoms with Crippen molar-refractivity contribution in [2.24, 2.45) is 5.41 Å². The van der Waals surface area contributed by atoms with Crippen molar-refractivity contribution < 1.29 is 14.3 Å². The van der Waals surface area contributed by atoms with Gasteiger partial charge >= 0.3 is 0 Å². The maximum atomic E-state index is 13.7. The number of carbonyl (C=O) groups is 2. The van der Waals surface area contributed by atoms with Gasteiger partial charge in [-0.05, 0) is 59.5 Å². The molecule has 0 saturated heterocycles. The van der Waals surface area contributed by atoms with Crippen molar-refractivity contribution >= 4 is 34.4 Å². The highest BCUT2D eigenvalue weighted by Gasteiger charge is 2.41. The quantitative estimate of drug-likeness (QED) is 0.420. The Bertz CT molecular complexity index is 1310. The molecule has 3 aromatic rings. The molecule has 7 heteroatoms. The Labute approximate surface area is 222 Å². The summed E-state index contributed by atoms with van der Waals surface area (Å²) in [5.41, 5.74) is 4.30. The lowest BCUT2D eigenvalue weighted by Crippen LogP contribution is -2.42. The number of Topliss-reactive ketones (excluding diaryl/α,β-unsaturated/α-hetero) is 1. The molecule has 0 fully saturated rings. The first-order valence-corrected chi connectivity index (χ1v) is 13.5. The average molecular weight is 516 g/mol. The van der Waals surface area contributed by atoms with Crippen LogP contribution in [0.5, 0.6) is 5.75 Å². The minimum Gasteiger partial charge on any atom is -0.497 e. The van der Waals surface area contributed by atoms with Crippen molar-refractivity contribution in [2.75, 3.05) is 30.4 Å². The van der Waals surface area contributed by atoms with Gasteiger partial charge in [-0.1, -0.05) is 44.2 Å². The molecule has 5 rings (SSSR count). The highest BCUT2D eigenvalue weighted by atomic mass is 32.1. The van der Waals surface area contributed by atoms with Crippen molar-refractivity contribution in [3.8, 4) is 5.75 Å². The minimum absolute atomic E-state index is 0.0718. The summed E-state index contributed by atoms with van der Waals surface area (Å²) in [6.07, 6.45) is 2.03. The van der Waals surface area contributed by atoms with Crippen molar-refractivity contribution in [3.05, 3.63) is 87.8 Å². The van der Waals surface area contributed by atoms with Crippen LogP contribution in [0.2, 0.25) is 0 Å². The molecule has 0 radical (unpaired) electrons. The van der Waals surface area contributed by atoms with Crippen molar-refractivity contribution in [3.63, 3.8) is 0 Å². The maximum absolute atomic E-state index is 13.7. The molecule has 1 atom stereocenters. The molecule has 6 nitrogen and oxygen atoms in total. The normalized spacial score (nSPS) is 18.4. The number of rotatable bonds is 7. The Kier molecular flexibility index (Phi) is 7.07. The van der Waals surface area contributed by atoms with E-state index in [2.05, 4.69) is 35.4 Å². The van der Waals surface area contributed by atoms with Crippen LogP contribution in [0.4, 0.5) is 11.4 Å².